The molecule has 1 heterocycles. The van der Waals surface area contributed by atoms with E-state index in [-0.39, 0.29) is 30.2 Å². The van der Waals surface area contributed by atoms with Crippen molar-refractivity contribution in [1.29, 1.82) is 0 Å². The molecule has 0 saturated heterocycles. The molecular weight excluding hydrogens is 507 g/mol. The van der Waals surface area contributed by atoms with Gasteiger partial charge in [0.15, 0.2) is 0 Å². The molecule has 1 aliphatic rings. The molecule has 196 valence electrons. The zero-order chi connectivity index (χ0) is 27.2. The molecule has 5 rings (SSSR count). The van der Waals surface area contributed by atoms with Crippen LogP contribution in [0.5, 0.6) is 0 Å². The first-order valence-corrected chi connectivity index (χ1v) is 13.8. The Bertz CT molecular complexity index is 1500. The normalized spacial score (nSPS) is 14.7. The van der Waals surface area contributed by atoms with Crippen molar-refractivity contribution in [2.24, 2.45) is 0 Å². The van der Waals surface area contributed by atoms with Gasteiger partial charge >= 0.3 is 0 Å². The van der Waals surface area contributed by atoms with Crippen molar-refractivity contribution in [3.05, 3.63) is 136 Å². The van der Waals surface area contributed by atoms with E-state index in [4.69, 9.17) is 0 Å². The van der Waals surface area contributed by atoms with Gasteiger partial charge in [-0.1, -0.05) is 91.5 Å². The van der Waals surface area contributed by atoms with Crippen molar-refractivity contribution in [2.45, 2.75) is 37.2 Å². The van der Waals surface area contributed by atoms with Crippen molar-refractivity contribution in [3.8, 4) is 0 Å². The number of anilines is 1. The van der Waals surface area contributed by atoms with E-state index in [9.17, 15) is 14.0 Å². The fourth-order valence-electron chi connectivity index (χ4n) is 4.56. The van der Waals surface area contributed by atoms with Gasteiger partial charge in [0.2, 0.25) is 0 Å². The summed E-state index contributed by atoms with van der Waals surface area (Å²) in [5.74, 6) is -0.643. The van der Waals surface area contributed by atoms with E-state index in [1.54, 1.807) is 35.2 Å². The lowest BCUT2D eigenvalue weighted by Crippen LogP contribution is -2.35. The third-order valence-electron chi connectivity index (χ3n) is 6.74. The van der Waals surface area contributed by atoms with Crippen LogP contribution in [0.25, 0.3) is 6.08 Å². The molecule has 0 bridgehead atoms. The Morgan fingerprint density at radius 1 is 0.923 bits per heavy atom. The molecule has 2 amide bonds. The summed E-state index contributed by atoms with van der Waals surface area (Å²) in [6, 6.07) is 31.6. The number of fused-ring (bicyclic) bond motifs is 1. The molecule has 4 nitrogen and oxygen atoms in total. The summed E-state index contributed by atoms with van der Waals surface area (Å²) in [5.41, 5.74) is 3.79. The Morgan fingerprint density at radius 2 is 1.62 bits per heavy atom. The predicted molar refractivity (Wildman–Crippen MR) is 156 cm³/mol. The van der Waals surface area contributed by atoms with Crippen molar-refractivity contribution in [2.75, 3.05) is 4.90 Å². The molecule has 0 radical (unpaired) electrons. The minimum atomic E-state index is -0.338. The lowest BCUT2D eigenvalue weighted by molar-refractivity contribution is -0.114. The van der Waals surface area contributed by atoms with E-state index < -0.39 is 0 Å². The molecular formula is C33H29FN2O2S. The van der Waals surface area contributed by atoms with Crippen LogP contribution in [0, 0.1) is 5.82 Å². The summed E-state index contributed by atoms with van der Waals surface area (Å²) in [6.07, 6.45) is 3.43. The van der Waals surface area contributed by atoms with Crippen molar-refractivity contribution < 1.29 is 14.0 Å². The maximum atomic E-state index is 14.4. The molecule has 0 spiro atoms. The summed E-state index contributed by atoms with van der Waals surface area (Å²) in [5, 5.41) is 3.13. The lowest BCUT2D eigenvalue weighted by Gasteiger charge is -2.30. The first kappa shape index (κ1) is 26.4. The number of thioether (sulfide) groups is 1. The van der Waals surface area contributed by atoms with Gasteiger partial charge in [-0.05, 0) is 60.4 Å². The van der Waals surface area contributed by atoms with Gasteiger partial charge < -0.3 is 10.2 Å². The summed E-state index contributed by atoms with van der Waals surface area (Å²) in [7, 11) is 0. The fraction of sp³-hybridized carbons (Fsp3) is 0.152. The average Bonchev–Trinajstić information content (AvgIpc) is 2.96. The first-order valence-electron chi connectivity index (χ1n) is 13.0. The van der Waals surface area contributed by atoms with Gasteiger partial charge in [0, 0.05) is 22.1 Å². The molecule has 0 aliphatic carbocycles. The van der Waals surface area contributed by atoms with Crippen LogP contribution in [-0.2, 0) is 17.8 Å². The highest BCUT2D eigenvalue weighted by Crippen LogP contribution is 2.42. The lowest BCUT2D eigenvalue weighted by atomic mass is 10.0. The number of rotatable bonds is 8. The van der Waals surface area contributed by atoms with E-state index >= 15 is 0 Å². The van der Waals surface area contributed by atoms with Crippen LogP contribution in [0.2, 0.25) is 0 Å². The summed E-state index contributed by atoms with van der Waals surface area (Å²) < 4.78 is 14.4. The highest BCUT2D eigenvalue weighted by atomic mass is 32.2. The van der Waals surface area contributed by atoms with Gasteiger partial charge in [0.05, 0.1) is 17.1 Å². The van der Waals surface area contributed by atoms with Crippen LogP contribution in [0.4, 0.5) is 10.1 Å². The van der Waals surface area contributed by atoms with Gasteiger partial charge in [0.25, 0.3) is 11.8 Å². The summed E-state index contributed by atoms with van der Waals surface area (Å²) >= 11 is 1.40. The Balaban J connectivity index is 1.33. The molecule has 0 fully saturated rings. The number of carbonyl (C=O) groups excluding carboxylic acids is 2. The molecule has 4 aromatic rings. The molecule has 1 aliphatic heterocycles. The van der Waals surface area contributed by atoms with Gasteiger partial charge in [0.1, 0.15) is 5.82 Å². The molecule has 0 unspecified atom stereocenters. The standard InChI is InChI=1S/C33H29FN2O2S/c1-2-27(20-23-10-4-3-5-11-23)35-32(37)25-18-16-24(17-19-25)21-31-33(38)36(22-26-12-6-7-13-28(26)34)29-14-8-9-15-30(29)39-31/h3-19,21,27H,2,20,22H2,1H3,(H,35,37)/b31-21+/t27-/m1/s1. The van der Waals surface area contributed by atoms with E-state index in [1.165, 1.54) is 23.4 Å². The SMILES string of the molecule is CC[C@H](Cc1ccccc1)NC(=O)c1ccc(/C=C2/Sc3ccccc3N(Cc3ccccc3F)C2=O)cc1. The predicted octanol–water partition coefficient (Wildman–Crippen LogP) is 7.26. The third-order valence-corrected chi connectivity index (χ3v) is 7.82. The monoisotopic (exact) mass is 536 g/mol. The van der Waals surface area contributed by atoms with Crippen LogP contribution in [0.3, 0.4) is 0 Å². The van der Waals surface area contributed by atoms with E-state index in [1.807, 2.05) is 60.7 Å². The van der Waals surface area contributed by atoms with Crippen LogP contribution < -0.4 is 10.2 Å². The molecule has 4 aromatic carbocycles. The highest BCUT2D eigenvalue weighted by Gasteiger charge is 2.29. The average molecular weight is 537 g/mol. The fourth-order valence-corrected chi connectivity index (χ4v) is 5.62. The molecule has 1 atom stereocenters. The van der Waals surface area contributed by atoms with E-state index in [0.717, 1.165) is 29.0 Å². The number of hydrogen-bond acceptors (Lipinski definition) is 3. The number of hydrogen-bond donors (Lipinski definition) is 1. The summed E-state index contributed by atoms with van der Waals surface area (Å²) in [6.45, 7) is 2.21. The van der Waals surface area contributed by atoms with Gasteiger partial charge in [-0.3, -0.25) is 9.59 Å². The smallest absolute Gasteiger partial charge is 0.265 e. The maximum absolute atomic E-state index is 14.4. The maximum Gasteiger partial charge on any atom is 0.265 e. The van der Waals surface area contributed by atoms with Gasteiger partial charge in [-0.15, -0.1) is 0 Å². The number of nitrogens with one attached hydrogen (secondary N) is 1. The quantitative estimate of drug-likeness (QED) is 0.241. The van der Waals surface area contributed by atoms with Gasteiger partial charge in [-0.2, -0.15) is 0 Å². The number of nitrogens with zero attached hydrogens (tertiary/aromatic N) is 1. The second-order valence-electron chi connectivity index (χ2n) is 9.45. The topological polar surface area (TPSA) is 49.4 Å². The largest absolute Gasteiger partial charge is 0.349 e. The van der Waals surface area contributed by atoms with Crippen LogP contribution in [-0.4, -0.2) is 17.9 Å². The van der Waals surface area contributed by atoms with Crippen molar-refractivity contribution >= 4 is 35.3 Å². The van der Waals surface area contributed by atoms with Crippen molar-refractivity contribution in [3.63, 3.8) is 0 Å². The minimum Gasteiger partial charge on any atom is -0.349 e. The second kappa shape index (κ2) is 12.1. The molecule has 0 saturated carbocycles. The molecule has 6 heteroatoms. The second-order valence-corrected chi connectivity index (χ2v) is 10.5. The highest BCUT2D eigenvalue weighted by molar-refractivity contribution is 8.04. The molecule has 1 N–H and O–H groups in total. The number of halogens is 1. The summed E-state index contributed by atoms with van der Waals surface area (Å²) in [4.78, 5) is 29.5. The number of amides is 2. The molecule has 0 aromatic heterocycles. The zero-order valence-electron chi connectivity index (χ0n) is 21.6. The van der Waals surface area contributed by atoms with E-state index in [0.29, 0.717) is 16.0 Å². The third kappa shape index (κ3) is 6.29. The zero-order valence-corrected chi connectivity index (χ0v) is 22.5. The Labute approximate surface area is 232 Å². The Kier molecular flexibility index (Phi) is 8.23. The van der Waals surface area contributed by atoms with Gasteiger partial charge in [-0.25, -0.2) is 4.39 Å². The Hall–Kier alpha value is -4.16. The Morgan fingerprint density at radius 3 is 2.36 bits per heavy atom. The molecule has 39 heavy (non-hydrogen) atoms. The van der Waals surface area contributed by atoms with Crippen LogP contribution >= 0.6 is 11.8 Å². The van der Waals surface area contributed by atoms with Crippen molar-refractivity contribution in [1.82, 2.24) is 5.32 Å². The van der Waals surface area contributed by atoms with E-state index in [2.05, 4.69) is 24.4 Å². The first-order chi connectivity index (χ1) is 19.0. The van der Waals surface area contributed by atoms with Crippen LogP contribution in [0.15, 0.2) is 113 Å². The number of carbonyl (C=O) groups is 2. The number of benzene rings is 4. The minimum absolute atomic E-state index is 0.0402. The van der Waals surface area contributed by atoms with Crippen LogP contribution in [0.1, 0.15) is 40.4 Å². The number of para-hydroxylation sites is 1.